The number of amides is 1. The SMILES string of the molecule is CC(=O)N(CCNS(=O)(=O)CCc1ccccc1)Cc1ccccc1. The Morgan fingerprint density at radius 2 is 1.52 bits per heavy atom. The Bertz CT molecular complexity index is 762. The van der Waals surface area contributed by atoms with Crippen LogP contribution in [0.3, 0.4) is 0 Å². The highest BCUT2D eigenvalue weighted by molar-refractivity contribution is 7.89. The second-order valence-electron chi connectivity index (χ2n) is 5.87. The highest BCUT2D eigenvalue weighted by Crippen LogP contribution is 2.05. The van der Waals surface area contributed by atoms with E-state index in [1.807, 2.05) is 60.7 Å². The van der Waals surface area contributed by atoms with Crippen molar-refractivity contribution >= 4 is 15.9 Å². The Hall–Kier alpha value is -2.18. The third-order valence-electron chi connectivity index (χ3n) is 3.87. The summed E-state index contributed by atoms with van der Waals surface area (Å²) in [5.41, 5.74) is 2.01. The largest absolute Gasteiger partial charge is 0.337 e. The zero-order valence-corrected chi connectivity index (χ0v) is 15.2. The van der Waals surface area contributed by atoms with Crippen molar-refractivity contribution in [1.29, 1.82) is 0 Å². The molecule has 0 unspecified atom stereocenters. The minimum absolute atomic E-state index is 0.0375. The standard InChI is InChI=1S/C19H24N2O3S/c1-17(22)21(16-19-10-6-3-7-11-19)14-13-20-25(23,24)15-12-18-8-4-2-5-9-18/h2-11,20H,12-16H2,1H3. The molecule has 2 aromatic rings. The topological polar surface area (TPSA) is 66.5 Å². The van der Waals surface area contributed by atoms with Gasteiger partial charge < -0.3 is 4.90 Å². The first-order valence-electron chi connectivity index (χ1n) is 8.27. The van der Waals surface area contributed by atoms with E-state index in [9.17, 15) is 13.2 Å². The molecule has 1 amide bonds. The van der Waals surface area contributed by atoms with E-state index in [0.29, 0.717) is 19.5 Å². The summed E-state index contributed by atoms with van der Waals surface area (Å²) in [7, 11) is -3.36. The number of nitrogens with zero attached hydrogens (tertiary/aromatic N) is 1. The molecular weight excluding hydrogens is 336 g/mol. The zero-order valence-electron chi connectivity index (χ0n) is 14.4. The van der Waals surface area contributed by atoms with Crippen molar-refractivity contribution < 1.29 is 13.2 Å². The maximum atomic E-state index is 12.1. The molecule has 0 aliphatic carbocycles. The number of nitrogens with one attached hydrogen (secondary N) is 1. The van der Waals surface area contributed by atoms with Gasteiger partial charge in [-0.3, -0.25) is 4.79 Å². The number of aryl methyl sites for hydroxylation is 1. The number of rotatable bonds is 9. The van der Waals surface area contributed by atoms with Crippen LogP contribution in [0.5, 0.6) is 0 Å². The van der Waals surface area contributed by atoms with Gasteiger partial charge in [-0.15, -0.1) is 0 Å². The molecule has 0 spiro atoms. The molecule has 2 rings (SSSR count). The lowest BCUT2D eigenvalue weighted by Gasteiger charge is -2.21. The molecule has 0 atom stereocenters. The number of carbonyl (C=O) groups excluding carboxylic acids is 1. The van der Waals surface area contributed by atoms with Crippen molar-refractivity contribution in [3.05, 3.63) is 71.8 Å². The van der Waals surface area contributed by atoms with E-state index < -0.39 is 10.0 Å². The van der Waals surface area contributed by atoms with Gasteiger partial charge in [-0.05, 0) is 17.5 Å². The van der Waals surface area contributed by atoms with Crippen molar-refractivity contribution in [1.82, 2.24) is 9.62 Å². The number of benzene rings is 2. The van der Waals surface area contributed by atoms with Gasteiger partial charge in [0.05, 0.1) is 5.75 Å². The summed E-state index contributed by atoms with van der Waals surface area (Å²) in [6.07, 6.45) is 0.469. The molecular formula is C19H24N2O3S. The lowest BCUT2D eigenvalue weighted by Crippen LogP contribution is -2.38. The van der Waals surface area contributed by atoms with E-state index in [4.69, 9.17) is 0 Å². The third-order valence-corrected chi connectivity index (χ3v) is 5.25. The fourth-order valence-corrected chi connectivity index (χ4v) is 3.51. The first-order valence-corrected chi connectivity index (χ1v) is 9.92. The third kappa shape index (κ3) is 7.07. The molecule has 6 heteroatoms. The maximum Gasteiger partial charge on any atom is 0.219 e. The van der Waals surface area contributed by atoms with Gasteiger partial charge in [0, 0.05) is 26.6 Å². The van der Waals surface area contributed by atoms with Gasteiger partial charge >= 0.3 is 0 Å². The highest BCUT2D eigenvalue weighted by Gasteiger charge is 2.13. The molecule has 0 saturated heterocycles. The summed E-state index contributed by atoms with van der Waals surface area (Å²) in [5.74, 6) is -0.0391. The quantitative estimate of drug-likeness (QED) is 0.745. The Morgan fingerprint density at radius 1 is 0.960 bits per heavy atom. The van der Waals surface area contributed by atoms with Gasteiger partial charge in [0.1, 0.15) is 0 Å². The van der Waals surface area contributed by atoms with Gasteiger partial charge in [0.2, 0.25) is 15.9 Å². The van der Waals surface area contributed by atoms with Crippen molar-refractivity contribution in [2.24, 2.45) is 0 Å². The van der Waals surface area contributed by atoms with E-state index in [1.165, 1.54) is 6.92 Å². The van der Waals surface area contributed by atoms with Crippen LogP contribution in [0.4, 0.5) is 0 Å². The molecule has 0 bridgehead atoms. The van der Waals surface area contributed by atoms with Gasteiger partial charge in [-0.2, -0.15) is 0 Å². The van der Waals surface area contributed by atoms with Crippen LogP contribution in [0.1, 0.15) is 18.1 Å². The maximum absolute atomic E-state index is 12.1. The van der Waals surface area contributed by atoms with Crippen LogP contribution < -0.4 is 4.72 Å². The van der Waals surface area contributed by atoms with Crippen molar-refractivity contribution in [2.45, 2.75) is 19.9 Å². The van der Waals surface area contributed by atoms with Crippen LogP contribution in [0.15, 0.2) is 60.7 Å². The fraction of sp³-hybridized carbons (Fsp3) is 0.316. The molecule has 134 valence electrons. The summed E-state index contributed by atoms with van der Waals surface area (Å²) < 4.78 is 26.8. The number of hydrogen-bond donors (Lipinski definition) is 1. The lowest BCUT2D eigenvalue weighted by molar-refractivity contribution is -0.129. The predicted octanol–water partition coefficient (Wildman–Crippen LogP) is 2.20. The van der Waals surface area contributed by atoms with Gasteiger partial charge in [-0.25, -0.2) is 13.1 Å². The van der Waals surface area contributed by atoms with Crippen molar-refractivity contribution in [3.63, 3.8) is 0 Å². The van der Waals surface area contributed by atoms with Gasteiger partial charge in [0.15, 0.2) is 0 Å². The Labute approximate surface area is 149 Å². The molecule has 0 fully saturated rings. The molecule has 0 aliphatic rings. The van der Waals surface area contributed by atoms with Crippen LogP contribution in [-0.2, 0) is 27.8 Å². The van der Waals surface area contributed by atoms with Crippen LogP contribution in [0.2, 0.25) is 0 Å². The minimum Gasteiger partial charge on any atom is -0.337 e. The smallest absolute Gasteiger partial charge is 0.219 e. The van der Waals surface area contributed by atoms with Crippen LogP contribution in [-0.4, -0.2) is 38.1 Å². The highest BCUT2D eigenvalue weighted by atomic mass is 32.2. The average molecular weight is 360 g/mol. The summed E-state index contributed by atoms with van der Waals surface area (Å²) in [6, 6.07) is 19.1. The van der Waals surface area contributed by atoms with E-state index in [1.54, 1.807) is 4.90 Å². The van der Waals surface area contributed by atoms with Crippen LogP contribution in [0, 0.1) is 0 Å². The van der Waals surface area contributed by atoms with E-state index in [-0.39, 0.29) is 18.2 Å². The number of sulfonamides is 1. The fourth-order valence-electron chi connectivity index (χ4n) is 2.46. The Kier molecular flexibility index (Phi) is 7.16. The molecule has 0 saturated carbocycles. The molecule has 0 radical (unpaired) electrons. The summed E-state index contributed by atoms with van der Waals surface area (Å²) >= 11 is 0. The van der Waals surface area contributed by atoms with E-state index in [0.717, 1.165) is 11.1 Å². The monoisotopic (exact) mass is 360 g/mol. The Balaban J connectivity index is 1.81. The first-order chi connectivity index (χ1) is 12.0. The first kappa shape index (κ1) is 19.1. The van der Waals surface area contributed by atoms with E-state index in [2.05, 4.69) is 4.72 Å². The minimum atomic E-state index is -3.36. The molecule has 5 nitrogen and oxygen atoms in total. The lowest BCUT2D eigenvalue weighted by atomic mass is 10.2. The summed E-state index contributed by atoms with van der Waals surface area (Å²) in [4.78, 5) is 13.4. The zero-order chi connectivity index (χ0) is 18.1. The van der Waals surface area contributed by atoms with Crippen LogP contribution in [0.25, 0.3) is 0 Å². The van der Waals surface area contributed by atoms with Gasteiger partial charge in [0.25, 0.3) is 0 Å². The second-order valence-corrected chi connectivity index (χ2v) is 7.80. The number of carbonyl (C=O) groups is 1. The molecule has 25 heavy (non-hydrogen) atoms. The molecule has 1 N–H and O–H groups in total. The van der Waals surface area contributed by atoms with Crippen molar-refractivity contribution in [3.8, 4) is 0 Å². The average Bonchev–Trinajstić information content (AvgIpc) is 2.61. The Morgan fingerprint density at radius 3 is 2.08 bits per heavy atom. The van der Waals surface area contributed by atoms with Crippen molar-refractivity contribution in [2.75, 3.05) is 18.8 Å². The normalized spacial score (nSPS) is 11.2. The molecule has 0 aliphatic heterocycles. The molecule has 2 aromatic carbocycles. The van der Waals surface area contributed by atoms with E-state index >= 15 is 0 Å². The van der Waals surface area contributed by atoms with Gasteiger partial charge in [-0.1, -0.05) is 60.7 Å². The summed E-state index contributed by atoms with van der Waals surface area (Å²) in [6.45, 7) is 2.52. The van der Waals surface area contributed by atoms with Crippen LogP contribution >= 0.6 is 0 Å². The number of hydrogen-bond acceptors (Lipinski definition) is 3. The predicted molar refractivity (Wildman–Crippen MR) is 99.5 cm³/mol. The molecule has 0 heterocycles. The summed E-state index contributed by atoms with van der Waals surface area (Å²) in [5, 5.41) is 0. The second kappa shape index (κ2) is 9.34. The molecule has 0 aromatic heterocycles.